The van der Waals surface area contributed by atoms with Crippen LogP contribution in [0.1, 0.15) is 25.8 Å². The molecule has 1 rings (SSSR count). The first-order chi connectivity index (χ1) is 7.17. The molecule has 15 heavy (non-hydrogen) atoms. The fourth-order valence-electron chi connectivity index (χ4n) is 1.41. The molecular formula is C12H18FNO. The minimum atomic E-state index is -0.271. The smallest absolute Gasteiger partial charge is 0.126 e. The molecule has 1 aromatic rings. The lowest BCUT2D eigenvalue weighted by Gasteiger charge is -2.13. The molecule has 0 aliphatic heterocycles. The molecule has 0 aliphatic carbocycles. The Hall–Kier alpha value is -1.09. The fourth-order valence-corrected chi connectivity index (χ4v) is 1.41. The SMILES string of the molecule is CCOc1cc(F)ccc1CC(N)CC. The molecule has 0 amide bonds. The Balaban J connectivity index is 2.85. The number of hydrogen-bond acceptors (Lipinski definition) is 2. The van der Waals surface area contributed by atoms with Crippen molar-refractivity contribution < 1.29 is 9.13 Å². The average Bonchev–Trinajstić information content (AvgIpc) is 2.22. The maximum Gasteiger partial charge on any atom is 0.126 e. The van der Waals surface area contributed by atoms with Gasteiger partial charge in [-0.25, -0.2) is 4.39 Å². The van der Waals surface area contributed by atoms with Crippen LogP contribution in [0.15, 0.2) is 18.2 Å². The topological polar surface area (TPSA) is 35.2 Å². The van der Waals surface area contributed by atoms with Crippen molar-refractivity contribution in [1.29, 1.82) is 0 Å². The maximum atomic E-state index is 13.0. The Morgan fingerprint density at radius 2 is 2.13 bits per heavy atom. The molecule has 0 heterocycles. The van der Waals surface area contributed by atoms with Gasteiger partial charge in [-0.05, 0) is 31.4 Å². The van der Waals surface area contributed by atoms with Gasteiger partial charge in [0.15, 0.2) is 0 Å². The van der Waals surface area contributed by atoms with Crippen molar-refractivity contribution in [2.45, 2.75) is 32.7 Å². The highest BCUT2D eigenvalue weighted by Crippen LogP contribution is 2.21. The number of benzene rings is 1. The van der Waals surface area contributed by atoms with Crippen molar-refractivity contribution >= 4 is 0 Å². The van der Waals surface area contributed by atoms with Crippen molar-refractivity contribution in [1.82, 2.24) is 0 Å². The first-order valence-electron chi connectivity index (χ1n) is 5.34. The first kappa shape index (κ1) is 12.0. The molecule has 2 nitrogen and oxygen atoms in total. The molecule has 84 valence electrons. The lowest BCUT2D eigenvalue weighted by molar-refractivity contribution is 0.333. The molecule has 0 saturated carbocycles. The molecule has 3 heteroatoms. The summed E-state index contributed by atoms with van der Waals surface area (Å²) in [4.78, 5) is 0. The highest BCUT2D eigenvalue weighted by molar-refractivity contribution is 5.34. The third-order valence-electron chi connectivity index (χ3n) is 2.34. The zero-order chi connectivity index (χ0) is 11.3. The van der Waals surface area contributed by atoms with Crippen LogP contribution in [0.4, 0.5) is 4.39 Å². The van der Waals surface area contributed by atoms with E-state index >= 15 is 0 Å². The Morgan fingerprint density at radius 3 is 2.73 bits per heavy atom. The van der Waals surface area contributed by atoms with Crippen LogP contribution in [-0.2, 0) is 6.42 Å². The Morgan fingerprint density at radius 1 is 1.40 bits per heavy atom. The van der Waals surface area contributed by atoms with Crippen molar-refractivity contribution in [2.75, 3.05) is 6.61 Å². The van der Waals surface area contributed by atoms with E-state index in [-0.39, 0.29) is 11.9 Å². The molecule has 0 saturated heterocycles. The predicted molar refractivity (Wildman–Crippen MR) is 59.5 cm³/mol. The van der Waals surface area contributed by atoms with Crippen LogP contribution in [0.25, 0.3) is 0 Å². The summed E-state index contributed by atoms with van der Waals surface area (Å²) in [5.74, 6) is 0.341. The summed E-state index contributed by atoms with van der Waals surface area (Å²) in [6.45, 7) is 4.46. The van der Waals surface area contributed by atoms with E-state index in [1.807, 2.05) is 13.8 Å². The third kappa shape index (κ3) is 3.51. The molecule has 1 aromatic carbocycles. The van der Waals surface area contributed by atoms with Crippen LogP contribution in [0.2, 0.25) is 0 Å². The van der Waals surface area contributed by atoms with Crippen LogP contribution in [0.3, 0.4) is 0 Å². The molecule has 0 spiro atoms. The summed E-state index contributed by atoms with van der Waals surface area (Å²) in [5, 5.41) is 0. The summed E-state index contributed by atoms with van der Waals surface area (Å²) < 4.78 is 18.3. The molecule has 0 fully saturated rings. The van der Waals surface area contributed by atoms with E-state index in [4.69, 9.17) is 10.5 Å². The van der Waals surface area contributed by atoms with Gasteiger partial charge >= 0.3 is 0 Å². The number of rotatable bonds is 5. The quantitative estimate of drug-likeness (QED) is 0.812. The highest BCUT2D eigenvalue weighted by atomic mass is 19.1. The molecule has 0 radical (unpaired) electrons. The van der Waals surface area contributed by atoms with Gasteiger partial charge in [0.2, 0.25) is 0 Å². The van der Waals surface area contributed by atoms with E-state index in [0.717, 1.165) is 18.4 Å². The monoisotopic (exact) mass is 211 g/mol. The van der Waals surface area contributed by atoms with Crippen LogP contribution in [0.5, 0.6) is 5.75 Å². The number of ether oxygens (including phenoxy) is 1. The zero-order valence-corrected chi connectivity index (χ0v) is 9.29. The summed E-state index contributed by atoms with van der Waals surface area (Å²) in [6.07, 6.45) is 1.63. The zero-order valence-electron chi connectivity index (χ0n) is 9.29. The molecule has 1 atom stereocenters. The van der Waals surface area contributed by atoms with Crippen LogP contribution in [0, 0.1) is 5.82 Å². The van der Waals surface area contributed by atoms with E-state index in [2.05, 4.69) is 0 Å². The second kappa shape index (κ2) is 5.71. The maximum absolute atomic E-state index is 13.0. The van der Waals surface area contributed by atoms with Gasteiger partial charge in [0, 0.05) is 12.1 Å². The Bertz CT molecular complexity index is 314. The highest BCUT2D eigenvalue weighted by Gasteiger charge is 2.08. The van der Waals surface area contributed by atoms with E-state index < -0.39 is 0 Å². The fraction of sp³-hybridized carbons (Fsp3) is 0.500. The van der Waals surface area contributed by atoms with Gasteiger partial charge in [-0.2, -0.15) is 0 Å². The second-order valence-electron chi connectivity index (χ2n) is 3.56. The molecule has 0 aromatic heterocycles. The van der Waals surface area contributed by atoms with E-state index in [1.54, 1.807) is 6.07 Å². The van der Waals surface area contributed by atoms with Gasteiger partial charge < -0.3 is 10.5 Å². The lowest BCUT2D eigenvalue weighted by Crippen LogP contribution is -2.21. The number of halogens is 1. The van der Waals surface area contributed by atoms with Crippen molar-refractivity contribution in [3.63, 3.8) is 0 Å². The Kier molecular flexibility index (Phi) is 4.56. The summed E-state index contributed by atoms with van der Waals surface area (Å²) in [5.41, 5.74) is 6.84. The number of hydrogen-bond donors (Lipinski definition) is 1. The summed E-state index contributed by atoms with van der Waals surface area (Å²) in [7, 11) is 0. The first-order valence-corrected chi connectivity index (χ1v) is 5.34. The summed E-state index contributed by atoms with van der Waals surface area (Å²) in [6, 6.07) is 4.71. The largest absolute Gasteiger partial charge is 0.493 e. The molecule has 2 N–H and O–H groups in total. The van der Waals surface area contributed by atoms with Crippen molar-refractivity contribution in [3.05, 3.63) is 29.6 Å². The van der Waals surface area contributed by atoms with Gasteiger partial charge in [-0.3, -0.25) is 0 Å². The summed E-state index contributed by atoms with van der Waals surface area (Å²) >= 11 is 0. The van der Waals surface area contributed by atoms with Gasteiger partial charge in [-0.15, -0.1) is 0 Å². The van der Waals surface area contributed by atoms with Gasteiger partial charge in [0.1, 0.15) is 11.6 Å². The van der Waals surface area contributed by atoms with E-state index in [9.17, 15) is 4.39 Å². The minimum Gasteiger partial charge on any atom is -0.493 e. The molecule has 1 unspecified atom stereocenters. The molecular weight excluding hydrogens is 193 g/mol. The van der Waals surface area contributed by atoms with Crippen LogP contribution in [-0.4, -0.2) is 12.6 Å². The van der Waals surface area contributed by atoms with Gasteiger partial charge in [0.25, 0.3) is 0 Å². The standard InChI is InChI=1S/C12H18FNO/c1-3-11(14)7-9-5-6-10(13)8-12(9)15-4-2/h5-6,8,11H,3-4,7,14H2,1-2H3. The minimum absolute atomic E-state index is 0.106. The van der Waals surface area contributed by atoms with Gasteiger partial charge in [-0.1, -0.05) is 13.0 Å². The third-order valence-corrected chi connectivity index (χ3v) is 2.34. The second-order valence-corrected chi connectivity index (χ2v) is 3.56. The normalized spacial score (nSPS) is 12.5. The average molecular weight is 211 g/mol. The van der Waals surface area contributed by atoms with Crippen LogP contribution < -0.4 is 10.5 Å². The predicted octanol–water partition coefficient (Wildman–Crippen LogP) is 2.50. The van der Waals surface area contributed by atoms with Crippen molar-refractivity contribution in [2.24, 2.45) is 5.73 Å². The molecule has 0 aliphatic rings. The van der Waals surface area contributed by atoms with E-state index in [1.165, 1.54) is 12.1 Å². The van der Waals surface area contributed by atoms with Crippen molar-refractivity contribution in [3.8, 4) is 5.75 Å². The lowest BCUT2D eigenvalue weighted by atomic mass is 10.0. The van der Waals surface area contributed by atoms with Gasteiger partial charge in [0.05, 0.1) is 6.61 Å². The van der Waals surface area contributed by atoms with E-state index in [0.29, 0.717) is 12.4 Å². The van der Waals surface area contributed by atoms with Crippen LogP contribution >= 0.6 is 0 Å². The molecule has 0 bridgehead atoms. The Labute approximate surface area is 90.2 Å². The number of nitrogens with two attached hydrogens (primary N) is 1.